The Kier molecular flexibility index (Phi) is 5.48. The third kappa shape index (κ3) is 4.00. The number of thiophene rings is 1. The zero-order valence-corrected chi connectivity index (χ0v) is 15.1. The van der Waals surface area contributed by atoms with E-state index in [-0.39, 0.29) is 11.6 Å². The normalized spacial score (nSPS) is 10.7. The molecular formula is C19H18N2O4S. The van der Waals surface area contributed by atoms with E-state index in [0.717, 1.165) is 12.0 Å². The molecule has 2 aromatic heterocycles. The van der Waals surface area contributed by atoms with Gasteiger partial charge in [-0.1, -0.05) is 12.1 Å². The number of nitrogens with zero attached hydrogens (tertiary/aromatic N) is 2. The highest BCUT2D eigenvalue weighted by Crippen LogP contribution is 2.23. The fourth-order valence-electron chi connectivity index (χ4n) is 2.78. The molecule has 3 aromatic rings. The first-order valence-electron chi connectivity index (χ1n) is 8.13. The number of hydrogen-bond acceptors (Lipinski definition) is 5. The molecule has 0 saturated heterocycles. The number of nitro groups is 1. The van der Waals surface area contributed by atoms with Crippen molar-refractivity contribution in [1.29, 1.82) is 0 Å². The third-order valence-electron chi connectivity index (χ3n) is 4.18. The van der Waals surface area contributed by atoms with Gasteiger partial charge in [-0.2, -0.15) is 0 Å². The van der Waals surface area contributed by atoms with E-state index in [1.165, 1.54) is 10.9 Å². The van der Waals surface area contributed by atoms with Gasteiger partial charge in [-0.15, -0.1) is 11.3 Å². The highest BCUT2D eigenvalue weighted by Gasteiger charge is 2.23. The van der Waals surface area contributed by atoms with Crippen LogP contribution in [-0.4, -0.2) is 22.3 Å². The van der Waals surface area contributed by atoms with E-state index in [1.807, 2.05) is 23.6 Å². The fourth-order valence-corrected chi connectivity index (χ4v) is 3.48. The van der Waals surface area contributed by atoms with Crippen LogP contribution in [-0.2, 0) is 13.0 Å². The van der Waals surface area contributed by atoms with Crippen LogP contribution >= 0.6 is 11.3 Å². The first-order valence-corrected chi connectivity index (χ1v) is 9.01. The van der Waals surface area contributed by atoms with Gasteiger partial charge in [0.1, 0.15) is 0 Å². The average molecular weight is 370 g/mol. The first kappa shape index (κ1) is 17.9. The Balaban J connectivity index is 1.86. The maximum absolute atomic E-state index is 13.1. The summed E-state index contributed by atoms with van der Waals surface area (Å²) in [6.45, 7) is 2.52. The first-order chi connectivity index (χ1) is 12.6. The molecule has 0 spiro atoms. The molecule has 1 amide bonds. The Bertz CT molecular complexity index is 888. The highest BCUT2D eigenvalue weighted by molar-refractivity contribution is 7.09. The summed E-state index contributed by atoms with van der Waals surface area (Å²) in [5.41, 5.74) is 1.58. The third-order valence-corrected chi connectivity index (χ3v) is 5.12. The summed E-state index contributed by atoms with van der Waals surface area (Å²) < 4.78 is 5.10. The zero-order valence-electron chi connectivity index (χ0n) is 14.3. The van der Waals surface area contributed by atoms with Crippen molar-refractivity contribution in [1.82, 2.24) is 4.90 Å². The van der Waals surface area contributed by atoms with Crippen LogP contribution in [0.1, 0.15) is 26.4 Å². The number of rotatable bonds is 7. The smallest absolute Gasteiger partial charge is 0.273 e. The lowest BCUT2D eigenvalue weighted by molar-refractivity contribution is -0.385. The standard InChI is InChI=1S/C19H18N2O4S/c1-14-17(5-2-6-18(14)21(23)24)19(22)20(12-15-8-10-25-13-15)9-7-16-4-3-11-26-16/h2-6,8,10-11,13H,7,9,12H2,1H3. The molecule has 2 heterocycles. The molecule has 0 aliphatic rings. The number of carbonyl (C=O) groups excluding carboxylic acids is 1. The molecule has 7 heteroatoms. The van der Waals surface area contributed by atoms with Crippen molar-refractivity contribution in [3.8, 4) is 0 Å². The quantitative estimate of drug-likeness (QED) is 0.455. The number of hydrogen-bond donors (Lipinski definition) is 0. The van der Waals surface area contributed by atoms with Gasteiger partial charge in [-0.3, -0.25) is 14.9 Å². The maximum atomic E-state index is 13.1. The number of furan rings is 1. The van der Waals surface area contributed by atoms with Crippen LogP contribution in [0.2, 0.25) is 0 Å². The Hall–Kier alpha value is -2.93. The van der Waals surface area contributed by atoms with Crippen molar-refractivity contribution < 1.29 is 14.1 Å². The summed E-state index contributed by atoms with van der Waals surface area (Å²) in [6.07, 6.45) is 3.90. The Labute approximate surface area is 154 Å². The minimum absolute atomic E-state index is 0.0441. The van der Waals surface area contributed by atoms with E-state index in [9.17, 15) is 14.9 Å². The van der Waals surface area contributed by atoms with Gasteiger partial charge in [0, 0.05) is 40.7 Å². The molecule has 0 aliphatic heterocycles. The summed E-state index contributed by atoms with van der Waals surface area (Å²) in [5, 5.41) is 13.2. The number of carbonyl (C=O) groups is 1. The van der Waals surface area contributed by atoms with E-state index in [4.69, 9.17) is 4.42 Å². The Morgan fingerprint density at radius 3 is 2.77 bits per heavy atom. The lowest BCUT2D eigenvalue weighted by Gasteiger charge is -2.23. The van der Waals surface area contributed by atoms with E-state index < -0.39 is 4.92 Å². The summed E-state index contributed by atoms with van der Waals surface area (Å²) >= 11 is 1.64. The molecule has 3 rings (SSSR count). The SMILES string of the molecule is Cc1c(C(=O)N(CCc2cccs2)Cc2ccoc2)cccc1[N+](=O)[O-]. The second-order valence-corrected chi connectivity index (χ2v) is 6.93. The van der Waals surface area contributed by atoms with Crippen LogP contribution in [0.4, 0.5) is 5.69 Å². The van der Waals surface area contributed by atoms with Crippen LogP contribution in [0.25, 0.3) is 0 Å². The Morgan fingerprint density at radius 1 is 1.27 bits per heavy atom. The van der Waals surface area contributed by atoms with Gasteiger partial charge in [-0.25, -0.2) is 0 Å². The van der Waals surface area contributed by atoms with Gasteiger partial charge < -0.3 is 9.32 Å². The molecule has 0 saturated carbocycles. The van der Waals surface area contributed by atoms with Crippen molar-refractivity contribution in [3.05, 3.63) is 86.0 Å². The number of nitro benzene ring substituents is 1. The molecule has 26 heavy (non-hydrogen) atoms. The van der Waals surface area contributed by atoms with Crippen LogP contribution in [0.5, 0.6) is 0 Å². The molecule has 0 fully saturated rings. The van der Waals surface area contributed by atoms with Crippen LogP contribution in [0, 0.1) is 17.0 Å². The largest absolute Gasteiger partial charge is 0.472 e. The molecule has 134 valence electrons. The van der Waals surface area contributed by atoms with Crippen molar-refractivity contribution >= 4 is 22.9 Å². The molecule has 1 aromatic carbocycles. The number of benzene rings is 1. The molecule has 0 atom stereocenters. The summed E-state index contributed by atoms with van der Waals surface area (Å²) in [7, 11) is 0. The van der Waals surface area contributed by atoms with Gasteiger partial charge in [0.05, 0.1) is 17.4 Å². The lowest BCUT2D eigenvalue weighted by atomic mass is 10.1. The van der Waals surface area contributed by atoms with Gasteiger partial charge in [0.2, 0.25) is 0 Å². The minimum Gasteiger partial charge on any atom is -0.472 e. The van der Waals surface area contributed by atoms with Crippen molar-refractivity contribution in [2.45, 2.75) is 19.9 Å². The van der Waals surface area contributed by atoms with Crippen molar-refractivity contribution in [2.24, 2.45) is 0 Å². The predicted octanol–water partition coefficient (Wildman–Crippen LogP) is 4.44. The summed E-state index contributed by atoms with van der Waals surface area (Å²) in [6, 6.07) is 10.4. The molecule has 0 unspecified atom stereocenters. The monoisotopic (exact) mass is 370 g/mol. The second-order valence-electron chi connectivity index (χ2n) is 5.89. The fraction of sp³-hybridized carbons (Fsp3) is 0.211. The summed E-state index contributed by atoms with van der Waals surface area (Å²) in [4.78, 5) is 26.7. The molecule has 0 bridgehead atoms. The van der Waals surface area contributed by atoms with E-state index in [0.29, 0.717) is 24.2 Å². The van der Waals surface area contributed by atoms with Gasteiger partial charge in [0.25, 0.3) is 11.6 Å². The summed E-state index contributed by atoms with van der Waals surface area (Å²) in [5.74, 6) is -0.219. The predicted molar refractivity (Wildman–Crippen MR) is 99.3 cm³/mol. The lowest BCUT2D eigenvalue weighted by Crippen LogP contribution is -2.32. The van der Waals surface area contributed by atoms with E-state index in [2.05, 4.69) is 0 Å². The zero-order chi connectivity index (χ0) is 18.5. The topological polar surface area (TPSA) is 76.6 Å². The van der Waals surface area contributed by atoms with Crippen LogP contribution in [0.15, 0.2) is 58.7 Å². The molecule has 0 N–H and O–H groups in total. The van der Waals surface area contributed by atoms with Gasteiger partial charge >= 0.3 is 0 Å². The molecule has 6 nitrogen and oxygen atoms in total. The Morgan fingerprint density at radius 2 is 2.12 bits per heavy atom. The van der Waals surface area contributed by atoms with Gasteiger partial charge in [0.15, 0.2) is 0 Å². The highest BCUT2D eigenvalue weighted by atomic mass is 32.1. The average Bonchev–Trinajstić information content (AvgIpc) is 3.31. The van der Waals surface area contributed by atoms with Crippen molar-refractivity contribution in [3.63, 3.8) is 0 Å². The van der Waals surface area contributed by atoms with Gasteiger partial charge in [-0.05, 0) is 36.9 Å². The second kappa shape index (κ2) is 7.97. The molecular weight excluding hydrogens is 352 g/mol. The maximum Gasteiger partial charge on any atom is 0.273 e. The van der Waals surface area contributed by atoms with Crippen LogP contribution in [0.3, 0.4) is 0 Å². The van der Waals surface area contributed by atoms with Crippen molar-refractivity contribution in [2.75, 3.05) is 6.54 Å². The van der Waals surface area contributed by atoms with E-state index in [1.54, 1.807) is 47.8 Å². The minimum atomic E-state index is -0.460. The van der Waals surface area contributed by atoms with E-state index >= 15 is 0 Å². The molecule has 0 aliphatic carbocycles. The van der Waals surface area contributed by atoms with Crippen LogP contribution < -0.4 is 0 Å². The molecule has 0 radical (unpaired) electrons. The number of amides is 1.